The molecule has 6 heteroatoms. The minimum atomic E-state index is -3.55. The van der Waals surface area contributed by atoms with Gasteiger partial charge < -0.3 is 0 Å². The van der Waals surface area contributed by atoms with Gasteiger partial charge in [0.1, 0.15) is 4.24 Å². The monoisotopic (exact) mass is 247 g/mol. The predicted molar refractivity (Wildman–Crippen MR) is 62.0 cm³/mol. The molecule has 0 aliphatic carbocycles. The van der Waals surface area contributed by atoms with Crippen LogP contribution in [0.1, 0.15) is 6.92 Å². The highest BCUT2D eigenvalue weighted by molar-refractivity contribution is 8.26. The van der Waals surface area contributed by atoms with E-state index in [-0.39, 0.29) is 4.58 Å². The molecule has 2 aliphatic rings. The van der Waals surface area contributed by atoms with Crippen molar-refractivity contribution in [2.24, 2.45) is 5.14 Å². The third-order valence-electron chi connectivity index (χ3n) is 2.02. The van der Waals surface area contributed by atoms with Gasteiger partial charge in [-0.3, -0.25) is 0 Å². The first-order valence-corrected chi connectivity index (χ1v) is 7.30. The van der Waals surface area contributed by atoms with E-state index in [0.717, 1.165) is 11.1 Å². The number of primary sulfonamides is 1. The molecule has 2 heterocycles. The van der Waals surface area contributed by atoms with Gasteiger partial charge in [0.2, 0.25) is 10.0 Å². The number of fused-ring (bicyclic) bond motifs is 1. The van der Waals surface area contributed by atoms with Crippen molar-refractivity contribution in [2.75, 3.05) is 0 Å². The Morgan fingerprint density at radius 1 is 1.50 bits per heavy atom. The van der Waals surface area contributed by atoms with Gasteiger partial charge >= 0.3 is 0 Å². The molecule has 14 heavy (non-hydrogen) atoms. The van der Waals surface area contributed by atoms with Crippen molar-refractivity contribution >= 4 is 33.5 Å². The Balaban J connectivity index is 2.49. The number of hydrogen-bond acceptors (Lipinski definition) is 4. The fraction of sp³-hybridized carbons (Fsp3) is 0.250. The molecule has 2 rings (SSSR count). The Kier molecular flexibility index (Phi) is 2.55. The van der Waals surface area contributed by atoms with Gasteiger partial charge in [-0.1, -0.05) is 23.9 Å². The summed E-state index contributed by atoms with van der Waals surface area (Å²) in [6.07, 6.45) is 3.87. The zero-order chi connectivity index (χ0) is 10.3. The van der Waals surface area contributed by atoms with E-state index in [1.165, 1.54) is 11.8 Å². The molecular weight excluding hydrogens is 238 g/mol. The third kappa shape index (κ3) is 1.67. The SMILES string of the molecule is CC1=C(S(N)(=O)=O)SC2SC=CC=C12. The standard InChI is InChI=1S/C8H9NO2S3/c1-5-6-3-2-4-12-7(6)13-8(5)14(9,10)11/h2-4,7H,1H3,(H2,9,10,11). The maximum Gasteiger partial charge on any atom is 0.244 e. The second-order valence-electron chi connectivity index (χ2n) is 2.99. The van der Waals surface area contributed by atoms with Gasteiger partial charge in [0.25, 0.3) is 0 Å². The normalized spacial score (nSPS) is 26.4. The molecule has 1 unspecified atom stereocenters. The fourth-order valence-corrected chi connectivity index (χ4v) is 5.23. The van der Waals surface area contributed by atoms with Crippen molar-refractivity contribution in [1.29, 1.82) is 0 Å². The first-order valence-electron chi connectivity index (χ1n) is 3.93. The fourth-order valence-electron chi connectivity index (χ4n) is 1.39. The summed E-state index contributed by atoms with van der Waals surface area (Å²) in [7, 11) is -3.55. The number of hydrogen-bond donors (Lipinski definition) is 1. The molecule has 0 radical (unpaired) electrons. The number of sulfonamides is 1. The average molecular weight is 247 g/mol. The summed E-state index contributed by atoms with van der Waals surface area (Å²) in [5, 5.41) is 7.08. The maximum atomic E-state index is 11.2. The van der Waals surface area contributed by atoms with Gasteiger partial charge in [0.05, 0.1) is 4.58 Å². The lowest BCUT2D eigenvalue weighted by Gasteiger charge is -2.11. The van der Waals surface area contributed by atoms with Crippen molar-refractivity contribution in [3.8, 4) is 0 Å². The van der Waals surface area contributed by atoms with E-state index in [0.29, 0.717) is 4.24 Å². The van der Waals surface area contributed by atoms with E-state index < -0.39 is 10.0 Å². The van der Waals surface area contributed by atoms with Crippen LogP contribution in [0, 0.1) is 0 Å². The first-order chi connectivity index (χ1) is 6.50. The second kappa shape index (κ2) is 3.44. The van der Waals surface area contributed by atoms with Crippen molar-refractivity contribution in [1.82, 2.24) is 0 Å². The summed E-state index contributed by atoms with van der Waals surface area (Å²) in [5.41, 5.74) is 1.85. The topological polar surface area (TPSA) is 60.2 Å². The minimum absolute atomic E-state index is 0.160. The second-order valence-corrected chi connectivity index (χ2v) is 7.18. The molecule has 0 fully saturated rings. The van der Waals surface area contributed by atoms with Gasteiger partial charge in [0.15, 0.2) is 0 Å². The number of thioether (sulfide) groups is 2. The van der Waals surface area contributed by atoms with Crippen LogP contribution in [-0.4, -0.2) is 13.0 Å². The molecule has 0 saturated carbocycles. The van der Waals surface area contributed by atoms with E-state index in [1.807, 2.05) is 17.6 Å². The first kappa shape index (κ1) is 10.4. The Bertz CT molecular complexity index is 459. The van der Waals surface area contributed by atoms with E-state index in [4.69, 9.17) is 5.14 Å². The van der Waals surface area contributed by atoms with Crippen LogP contribution in [-0.2, 0) is 10.0 Å². The molecule has 0 bridgehead atoms. The Hall–Kier alpha value is -0.170. The van der Waals surface area contributed by atoms with Crippen LogP contribution in [0.25, 0.3) is 0 Å². The molecule has 1 atom stereocenters. The molecule has 0 saturated heterocycles. The Morgan fingerprint density at radius 2 is 2.21 bits per heavy atom. The molecule has 2 N–H and O–H groups in total. The summed E-state index contributed by atoms with van der Waals surface area (Å²) in [6.45, 7) is 1.80. The summed E-state index contributed by atoms with van der Waals surface area (Å²) >= 11 is 2.93. The summed E-state index contributed by atoms with van der Waals surface area (Å²) in [6, 6.07) is 0. The predicted octanol–water partition coefficient (Wildman–Crippen LogP) is 1.77. The molecular formula is C8H9NO2S3. The lowest BCUT2D eigenvalue weighted by Crippen LogP contribution is -2.12. The summed E-state index contributed by atoms with van der Waals surface area (Å²) in [4.78, 5) is 0. The summed E-state index contributed by atoms with van der Waals surface area (Å²) in [5.74, 6) is 0. The maximum absolute atomic E-state index is 11.2. The van der Waals surface area contributed by atoms with Gasteiger partial charge in [-0.25, -0.2) is 13.6 Å². The van der Waals surface area contributed by atoms with Crippen molar-refractivity contribution in [2.45, 2.75) is 11.5 Å². The molecule has 0 spiro atoms. The van der Waals surface area contributed by atoms with E-state index >= 15 is 0 Å². The number of rotatable bonds is 1. The highest BCUT2D eigenvalue weighted by Crippen LogP contribution is 2.49. The third-order valence-corrected chi connectivity index (χ3v) is 6.26. The van der Waals surface area contributed by atoms with Crippen molar-refractivity contribution < 1.29 is 8.42 Å². The minimum Gasteiger partial charge on any atom is -0.224 e. The molecule has 76 valence electrons. The zero-order valence-corrected chi connectivity index (χ0v) is 9.88. The molecule has 3 nitrogen and oxygen atoms in total. The van der Waals surface area contributed by atoms with E-state index in [9.17, 15) is 8.42 Å². The van der Waals surface area contributed by atoms with Crippen LogP contribution < -0.4 is 5.14 Å². The van der Waals surface area contributed by atoms with Gasteiger partial charge in [-0.05, 0) is 23.5 Å². The zero-order valence-electron chi connectivity index (χ0n) is 7.43. The highest BCUT2D eigenvalue weighted by Gasteiger charge is 2.33. The van der Waals surface area contributed by atoms with Crippen LogP contribution in [0.3, 0.4) is 0 Å². The molecule has 0 amide bonds. The highest BCUT2D eigenvalue weighted by atomic mass is 32.3. The van der Waals surface area contributed by atoms with E-state index in [2.05, 4.69) is 0 Å². The van der Waals surface area contributed by atoms with Gasteiger partial charge in [-0.15, -0.1) is 11.8 Å². The molecule has 0 aromatic rings. The van der Waals surface area contributed by atoms with E-state index in [1.54, 1.807) is 18.7 Å². The smallest absolute Gasteiger partial charge is 0.224 e. The lowest BCUT2D eigenvalue weighted by molar-refractivity contribution is 0.605. The molecule has 0 aromatic heterocycles. The van der Waals surface area contributed by atoms with Crippen LogP contribution in [0.2, 0.25) is 0 Å². The molecule has 0 aromatic carbocycles. The van der Waals surface area contributed by atoms with Crippen LogP contribution in [0.5, 0.6) is 0 Å². The Morgan fingerprint density at radius 3 is 2.79 bits per heavy atom. The van der Waals surface area contributed by atoms with Crippen LogP contribution >= 0.6 is 23.5 Å². The van der Waals surface area contributed by atoms with Gasteiger partial charge in [0, 0.05) is 0 Å². The molecule has 2 aliphatic heterocycles. The Labute approximate surface area is 91.6 Å². The number of nitrogens with two attached hydrogens (primary N) is 1. The van der Waals surface area contributed by atoms with Crippen LogP contribution in [0.4, 0.5) is 0 Å². The average Bonchev–Trinajstić information content (AvgIpc) is 2.44. The lowest BCUT2D eigenvalue weighted by atomic mass is 10.1. The van der Waals surface area contributed by atoms with Crippen LogP contribution in [0.15, 0.2) is 32.9 Å². The number of allylic oxidation sites excluding steroid dienone is 3. The largest absolute Gasteiger partial charge is 0.244 e. The quantitative estimate of drug-likeness (QED) is 0.767. The summed E-state index contributed by atoms with van der Waals surface area (Å²) < 4.78 is 22.9. The van der Waals surface area contributed by atoms with Crippen molar-refractivity contribution in [3.05, 3.63) is 32.9 Å². The van der Waals surface area contributed by atoms with Crippen molar-refractivity contribution in [3.63, 3.8) is 0 Å². The van der Waals surface area contributed by atoms with Gasteiger partial charge in [-0.2, -0.15) is 0 Å².